The number of halogens is 3. The molecular formula is C13H9F3N2O. The van der Waals surface area contributed by atoms with E-state index < -0.39 is 11.7 Å². The number of alkyl halides is 3. The minimum Gasteiger partial charge on any atom is -0.256 e. The van der Waals surface area contributed by atoms with Gasteiger partial charge in [0.1, 0.15) is 5.69 Å². The summed E-state index contributed by atoms with van der Waals surface area (Å²) in [6.45, 7) is 1.66. The van der Waals surface area contributed by atoms with Crippen LogP contribution in [0.5, 0.6) is 0 Å². The van der Waals surface area contributed by atoms with E-state index in [9.17, 15) is 18.1 Å². The lowest BCUT2D eigenvalue weighted by Crippen LogP contribution is -2.08. The van der Waals surface area contributed by atoms with Crippen LogP contribution in [-0.2, 0) is 6.18 Å². The second-order valence-corrected chi connectivity index (χ2v) is 3.99. The molecule has 2 rings (SSSR count). The number of aromatic nitrogens is 1. The summed E-state index contributed by atoms with van der Waals surface area (Å²) in [5.41, 5.74) is -0.122. The second-order valence-electron chi connectivity index (χ2n) is 3.99. The Morgan fingerprint density at radius 2 is 1.95 bits per heavy atom. The fraction of sp³-hybridized carbons (Fsp3) is 0.154. The van der Waals surface area contributed by atoms with Gasteiger partial charge in [-0.2, -0.15) is 13.2 Å². The lowest BCUT2D eigenvalue weighted by atomic mass is 10.0. The molecule has 0 unspecified atom stereocenters. The number of pyridine rings is 1. The van der Waals surface area contributed by atoms with Crippen LogP contribution in [0.25, 0.3) is 11.3 Å². The second kappa shape index (κ2) is 4.79. The zero-order chi connectivity index (χ0) is 14.0. The molecule has 0 amide bonds. The third-order valence-electron chi connectivity index (χ3n) is 2.69. The lowest BCUT2D eigenvalue weighted by molar-refractivity contribution is -0.137. The molecule has 0 atom stereocenters. The highest BCUT2D eigenvalue weighted by Crippen LogP contribution is 2.36. The van der Waals surface area contributed by atoms with Gasteiger partial charge in [-0.25, -0.2) is 0 Å². The third-order valence-corrected chi connectivity index (χ3v) is 2.69. The molecule has 0 radical (unpaired) electrons. The number of aryl methyl sites for hydroxylation is 1. The average molecular weight is 266 g/mol. The minimum absolute atomic E-state index is 0.108. The summed E-state index contributed by atoms with van der Waals surface area (Å²) >= 11 is 0. The number of nitrogens with zero attached hydrogens (tertiary/aromatic N) is 2. The highest BCUT2D eigenvalue weighted by atomic mass is 19.4. The Morgan fingerprint density at radius 3 is 2.58 bits per heavy atom. The van der Waals surface area contributed by atoms with Crippen molar-refractivity contribution in [1.29, 1.82) is 0 Å². The Labute approximate surface area is 107 Å². The molecule has 0 spiro atoms. The fourth-order valence-electron chi connectivity index (χ4n) is 1.72. The van der Waals surface area contributed by atoms with Gasteiger partial charge in [0.2, 0.25) is 0 Å². The Morgan fingerprint density at radius 1 is 1.21 bits per heavy atom. The van der Waals surface area contributed by atoms with E-state index in [2.05, 4.69) is 10.2 Å². The SMILES string of the molecule is Cc1ccc(-c2ncccc2C(F)(F)F)cc1N=O. The Bertz CT molecular complexity index is 624. The number of rotatable bonds is 2. The van der Waals surface area contributed by atoms with Gasteiger partial charge in [-0.3, -0.25) is 4.98 Å². The predicted molar refractivity (Wildman–Crippen MR) is 64.9 cm³/mol. The monoisotopic (exact) mass is 266 g/mol. The molecule has 0 N–H and O–H groups in total. The number of nitroso groups, excluding NO2 is 1. The van der Waals surface area contributed by atoms with E-state index in [4.69, 9.17) is 0 Å². The van der Waals surface area contributed by atoms with Crippen LogP contribution < -0.4 is 0 Å². The first-order valence-electron chi connectivity index (χ1n) is 5.40. The molecule has 6 heteroatoms. The molecule has 0 fully saturated rings. The summed E-state index contributed by atoms with van der Waals surface area (Å²) in [6.07, 6.45) is -3.22. The van der Waals surface area contributed by atoms with Gasteiger partial charge in [0.15, 0.2) is 0 Å². The van der Waals surface area contributed by atoms with Gasteiger partial charge in [0, 0.05) is 11.8 Å². The summed E-state index contributed by atoms with van der Waals surface area (Å²) in [6, 6.07) is 6.51. The van der Waals surface area contributed by atoms with Crippen molar-refractivity contribution in [1.82, 2.24) is 4.98 Å². The molecule has 98 valence electrons. The Hall–Kier alpha value is -2.24. The van der Waals surface area contributed by atoms with Crippen LogP contribution in [0.3, 0.4) is 0 Å². The highest BCUT2D eigenvalue weighted by Gasteiger charge is 2.34. The maximum absolute atomic E-state index is 12.9. The van der Waals surface area contributed by atoms with Gasteiger partial charge < -0.3 is 0 Å². The van der Waals surface area contributed by atoms with Crippen LogP contribution in [0.1, 0.15) is 11.1 Å². The predicted octanol–water partition coefficient (Wildman–Crippen LogP) is 4.47. The number of hydrogen-bond donors (Lipinski definition) is 0. The number of hydrogen-bond acceptors (Lipinski definition) is 3. The van der Waals surface area contributed by atoms with Crippen molar-refractivity contribution in [3.05, 3.63) is 52.6 Å². The molecule has 0 saturated heterocycles. The highest BCUT2D eigenvalue weighted by molar-refractivity contribution is 5.68. The number of benzene rings is 1. The zero-order valence-electron chi connectivity index (χ0n) is 9.90. The van der Waals surface area contributed by atoms with Crippen molar-refractivity contribution in [2.45, 2.75) is 13.1 Å². The van der Waals surface area contributed by atoms with Crippen LogP contribution >= 0.6 is 0 Å². The van der Waals surface area contributed by atoms with Crippen molar-refractivity contribution < 1.29 is 13.2 Å². The van der Waals surface area contributed by atoms with E-state index in [1.165, 1.54) is 24.4 Å². The topological polar surface area (TPSA) is 42.3 Å². The minimum atomic E-state index is -4.50. The molecule has 0 aliphatic carbocycles. The van der Waals surface area contributed by atoms with E-state index in [0.717, 1.165) is 6.07 Å². The van der Waals surface area contributed by atoms with E-state index in [1.54, 1.807) is 13.0 Å². The maximum Gasteiger partial charge on any atom is 0.418 e. The molecule has 19 heavy (non-hydrogen) atoms. The lowest BCUT2D eigenvalue weighted by Gasteiger charge is -2.12. The molecule has 1 aromatic carbocycles. The summed E-state index contributed by atoms with van der Waals surface area (Å²) in [5, 5.41) is 2.79. The largest absolute Gasteiger partial charge is 0.418 e. The Balaban J connectivity index is 2.63. The summed E-state index contributed by atoms with van der Waals surface area (Å²) in [5.74, 6) is 0. The maximum atomic E-state index is 12.9. The smallest absolute Gasteiger partial charge is 0.256 e. The third kappa shape index (κ3) is 2.62. The molecule has 0 saturated carbocycles. The van der Waals surface area contributed by atoms with Crippen LogP contribution in [0, 0.1) is 11.8 Å². The van der Waals surface area contributed by atoms with Crippen molar-refractivity contribution in [3.63, 3.8) is 0 Å². The molecule has 0 aliphatic rings. The van der Waals surface area contributed by atoms with Crippen LogP contribution in [0.2, 0.25) is 0 Å². The van der Waals surface area contributed by atoms with Crippen LogP contribution in [-0.4, -0.2) is 4.98 Å². The molecular weight excluding hydrogens is 257 g/mol. The molecule has 3 nitrogen and oxygen atoms in total. The first-order valence-corrected chi connectivity index (χ1v) is 5.40. The van der Waals surface area contributed by atoms with Crippen LogP contribution in [0.4, 0.5) is 18.9 Å². The van der Waals surface area contributed by atoms with Gasteiger partial charge in [-0.1, -0.05) is 12.1 Å². The van der Waals surface area contributed by atoms with Crippen molar-refractivity contribution in [2.24, 2.45) is 5.18 Å². The van der Waals surface area contributed by atoms with Gasteiger partial charge in [0.05, 0.1) is 11.3 Å². The zero-order valence-corrected chi connectivity index (χ0v) is 9.90. The standard InChI is InChI=1S/C13H9F3N2O/c1-8-4-5-9(7-11(8)18-19)12-10(13(14,15)16)3-2-6-17-12/h2-7H,1H3. The summed E-state index contributed by atoms with van der Waals surface area (Å²) in [7, 11) is 0. The fourth-order valence-corrected chi connectivity index (χ4v) is 1.72. The van der Waals surface area contributed by atoms with Crippen molar-refractivity contribution in [3.8, 4) is 11.3 Å². The van der Waals surface area contributed by atoms with Gasteiger partial charge in [-0.15, -0.1) is 4.91 Å². The molecule has 0 bridgehead atoms. The van der Waals surface area contributed by atoms with Crippen molar-refractivity contribution >= 4 is 5.69 Å². The van der Waals surface area contributed by atoms with E-state index >= 15 is 0 Å². The summed E-state index contributed by atoms with van der Waals surface area (Å²) in [4.78, 5) is 14.4. The molecule has 2 aromatic rings. The first-order chi connectivity index (χ1) is 8.93. The Kier molecular flexibility index (Phi) is 3.33. The average Bonchev–Trinajstić information content (AvgIpc) is 2.38. The quantitative estimate of drug-likeness (QED) is 0.752. The molecule has 1 heterocycles. The molecule has 0 aliphatic heterocycles. The van der Waals surface area contributed by atoms with Gasteiger partial charge in [0.25, 0.3) is 0 Å². The van der Waals surface area contributed by atoms with Crippen molar-refractivity contribution in [2.75, 3.05) is 0 Å². The van der Waals surface area contributed by atoms with Gasteiger partial charge >= 0.3 is 6.18 Å². The normalized spacial score (nSPS) is 11.4. The van der Waals surface area contributed by atoms with Crippen LogP contribution in [0.15, 0.2) is 41.7 Å². The van der Waals surface area contributed by atoms with E-state index in [-0.39, 0.29) is 16.9 Å². The van der Waals surface area contributed by atoms with Gasteiger partial charge in [-0.05, 0) is 35.9 Å². The van der Waals surface area contributed by atoms with E-state index in [1.807, 2.05) is 0 Å². The van der Waals surface area contributed by atoms with E-state index in [0.29, 0.717) is 5.56 Å². The molecule has 1 aromatic heterocycles. The summed E-state index contributed by atoms with van der Waals surface area (Å²) < 4.78 is 38.6. The first kappa shape index (κ1) is 13.2.